The molecule has 0 amide bonds. The van der Waals surface area contributed by atoms with Gasteiger partial charge in [-0.25, -0.2) is 9.97 Å². The van der Waals surface area contributed by atoms with Crippen molar-refractivity contribution in [3.05, 3.63) is 40.2 Å². The molecule has 0 spiro atoms. The van der Waals surface area contributed by atoms with E-state index in [0.717, 1.165) is 0 Å². The van der Waals surface area contributed by atoms with Crippen LogP contribution in [0.1, 0.15) is 11.3 Å². The number of aromatic amines is 1. The number of hydrogen-bond acceptors (Lipinski definition) is 6. The van der Waals surface area contributed by atoms with E-state index in [4.69, 9.17) is 0 Å². The average Bonchev–Trinajstić information content (AvgIpc) is 2.43. The highest BCUT2D eigenvalue weighted by Gasteiger charge is 2.13. The number of carbonyl (C=O) groups is 1. The van der Waals surface area contributed by atoms with Crippen molar-refractivity contribution in [3.8, 4) is 11.5 Å². The number of aromatic nitrogens is 4. The van der Waals surface area contributed by atoms with E-state index in [2.05, 4.69) is 24.7 Å². The Morgan fingerprint density at radius 2 is 2.21 bits per heavy atom. The Morgan fingerprint density at radius 1 is 1.42 bits per heavy atom. The first kappa shape index (κ1) is 12.9. The van der Waals surface area contributed by atoms with Gasteiger partial charge in [-0.15, -0.1) is 0 Å². The Labute approximate surface area is 108 Å². The van der Waals surface area contributed by atoms with E-state index in [1.54, 1.807) is 6.92 Å². The number of methoxy groups -OCH3 is 1. The number of esters is 1. The molecule has 7 nitrogen and oxygen atoms in total. The summed E-state index contributed by atoms with van der Waals surface area (Å²) in [5.41, 5.74) is 0.847. The van der Waals surface area contributed by atoms with Crippen LogP contribution in [0.15, 0.2) is 23.4 Å². The fourth-order valence-electron chi connectivity index (χ4n) is 1.58. The van der Waals surface area contributed by atoms with Crippen molar-refractivity contribution in [1.29, 1.82) is 0 Å². The Morgan fingerprint density at radius 3 is 2.79 bits per heavy atom. The van der Waals surface area contributed by atoms with Crippen LogP contribution in [0.5, 0.6) is 0 Å². The van der Waals surface area contributed by atoms with Gasteiger partial charge in [0.15, 0.2) is 5.82 Å². The molecule has 2 rings (SSSR count). The maximum Gasteiger partial charge on any atom is 0.310 e. The first-order valence-corrected chi connectivity index (χ1v) is 5.55. The zero-order valence-corrected chi connectivity index (χ0v) is 10.5. The van der Waals surface area contributed by atoms with Gasteiger partial charge in [-0.3, -0.25) is 14.6 Å². The van der Waals surface area contributed by atoms with Crippen LogP contribution in [0, 0.1) is 6.92 Å². The molecule has 0 aliphatic carbocycles. The predicted molar refractivity (Wildman–Crippen MR) is 66.3 cm³/mol. The van der Waals surface area contributed by atoms with Gasteiger partial charge in [-0.1, -0.05) is 0 Å². The number of H-pyrrole nitrogens is 1. The number of rotatable bonds is 3. The number of aryl methyl sites for hydroxylation is 1. The number of ether oxygens (including phenoxy) is 1. The topological polar surface area (TPSA) is 97.8 Å². The van der Waals surface area contributed by atoms with Gasteiger partial charge >= 0.3 is 5.97 Å². The van der Waals surface area contributed by atoms with Crippen LogP contribution in [-0.4, -0.2) is 33.0 Å². The van der Waals surface area contributed by atoms with Crippen LogP contribution in [-0.2, 0) is 16.0 Å². The summed E-state index contributed by atoms with van der Waals surface area (Å²) in [6.07, 6.45) is 4.43. The second-order valence-electron chi connectivity index (χ2n) is 3.82. The Hall–Kier alpha value is -2.57. The van der Waals surface area contributed by atoms with Crippen LogP contribution in [0.2, 0.25) is 0 Å². The minimum absolute atomic E-state index is 0.106. The van der Waals surface area contributed by atoms with E-state index in [0.29, 0.717) is 22.8 Å². The maximum absolute atomic E-state index is 11.9. The lowest BCUT2D eigenvalue weighted by molar-refractivity contribution is -0.139. The third-order valence-corrected chi connectivity index (χ3v) is 2.58. The van der Waals surface area contributed by atoms with Crippen molar-refractivity contribution in [2.45, 2.75) is 13.3 Å². The van der Waals surface area contributed by atoms with Crippen LogP contribution in [0.25, 0.3) is 11.5 Å². The van der Waals surface area contributed by atoms with Gasteiger partial charge in [0.25, 0.3) is 5.56 Å². The summed E-state index contributed by atoms with van der Waals surface area (Å²) in [6, 6.07) is 0. The lowest BCUT2D eigenvalue weighted by atomic mass is 10.1. The van der Waals surface area contributed by atoms with Gasteiger partial charge in [-0.2, -0.15) is 0 Å². The van der Waals surface area contributed by atoms with Crippen LogP contribution in [0.4, 0.5) is 0 Å². The lowest BCUT2D eigenvalue weighted by Gasteiger charge is -2.05. The fourth-order valence-corrected chi connectivity index (χ4v) is 1.58. The molecule has 1 N–H and O–H groups in total. The van der Waals surface area contributed by atoms with Crippen LogP contribution >= 0.6 is 0 Å². The van der Waals surface area contributed by atoms with Gasteiger partial charge < -0.3 is 9.72 Å². The van der Waals surface area contributed by atoms with Gasteiger partial charge in [0.05, 0.1) is 19.7 Å². The molecular formula is C12H12N4O3. The molecule has 0 unspecified atom stereocenters. The summed E-state index contributed by atoms with van der Waals surface area (Å²) in [7, 11) is 1.27. The molecule has 0 bridgehead atoms. The standard InChI is InChI=1S/C12H12N4O3/c1-7-8(5-10(17)19-2)12(18)16-11(15-7)9-6-13-3-4-14-9/h3-4,6H,5H2,1-2H3,(H,15,16,18). The van der Waals surface area contributed by atoms with E-state index in [-0.39, 0.29) is 12.0 Å². The van der Waals surface area contributed by atoms with Crippen molar-refractivity contribution in [2.75, 3.05) is 7.11 Å². The molecule has 2 heterocycles. The van der Waals surface area contributed by atoms with Crippen LogP contribution in [0.3, 0.4) is 0 Å². The molecule has 7 heteroatoms. The van der Waals surface area contributed by atoms with Gasteiger partial charge in [0.2, 0.25) is 0 Å². The molecule has 19 heavy (non-hydrogen) atoms. The highest BCUT2D eigenvalue weighted by Crippen LogP contribution is 2.10. The van der Waals surface area contributed by atoms with Crippen LogP contribution < -0.4 is 5.56 Å². The third kappa shape index (κ3) is 2.82. The number of nitrogens with zero attached hydrogens (tertiary/aromatic N) is 3. The molecule has 2 aromatic heterocycles. The zero-order valence-electron chi connectivity index (χ0n) is 10.5. The van der Waals surface area contributed by atoms with Gasteiger partial charge in [0.1, 0.15) is 5.69 Å². The normalized spacial score (nSPS) is 10.2. The van der Waals surface area contributed by atoms with E-state index in [1.165, 1.54) is 25.7 Å². The quantitative estimate of drug-likeness (QED) is 0.794. The minimum Gasteiger partial charge on any atom is -0.469 e. The Kier molecular flexibility index (Phi) is 3.65. The summed E-state index contributed by atoms with van der Waals surface area (Å²) in [5.74, 6) is -0.160. The van der Waals surface area contributed by atoms with E-state index >= 15 is 0 Å². The lowest BCUT2D eigenvalue weighted by Crippen LogP contribution is -2.21. The number of hydrogen-bond donors (Lipinski definition) is 1. The molecule has 0 aliphatic heterocycles. The van der Waals surface area contributed by atoms with Crippen molar-refractivity contribution in [1.82, 2.24) is 19.9 Å². The summed E-state index contributed by atoms with van der Waals surface area (Å²) in [6.45, 7) is 1.66. The number of carbonyl (C=O) groups excluding carboxylic acids is 1. The summed E-state index contributed by atoms with van der Waals surface area (Å²) in [4.78, 5) is 37.9. The number of nitrogens with one attached hydrogen (secondary N) is 1. The smallest absolute Gasteiger partial charge is 0.310 e. The van der Waals surface area contributed by atoms with Crippen molar-refractivity contribution >= 4 is 5.97 Å². The molecule has 0 atom stereocenters. The molecule has 0 aromatic carbocycles. The fraction of sp³-hybridized carbons (Fsp3) is 0.250. The molecule has 0 saturated heterocycles. The van der Waals surface area contributed by atoms with Crippen molar-refractivity contribution in [3.63, 3.8) is 0 Å². The largest absolute Gasteiger partial charge is 0.469 e. The summed E-state index contributed by atoms with van der Waals surface area (Å²) in [5, 5.41) is 0. The molecular weight excluding hydrogens is 248 g/mol. The van der Waals surface area contributed by atoms with E-state index in [9.17, 15) is 9.59 Å². The van der Waals surface area contributed by atoms with E-state index < -0.39 is 5.97 Å². The maximum atomic E-state index is 11.9. The highest BCUT2D eigenvalue weighted by atomic mass is 16.5. The third-order valence-electron chi connectivity index (χ3n) is 2.58. The first-order valence-electron chi connectivity index (χ1n) is 5.55. The molecule has 2 aromatic rings. The summed E-state index contributed by atoms with van der Waals surface area (Å²) >= 11 is 0. The highest BCUT2D eigenvalue weighted by molar-refractivity contribution is 5.72. The van der Waals surface area contributed by atoms with Crippen molar-refractivity contribution < 1.29 is 9.53 Å². The SMILES string of the molecule is COC(=O)Cc1c(C)nc(-c2cnccn2)[nH]c1=O. The monoisotopic (exact) mass is 260 g/mol. The molecule has 0 fully saturated rings. The molecule has 98 valence electrons. The van der Waals surface area contributed by atoms with E-state index in [1.807, 2.05) is 0 Å². The summed E-state index contributed by atoms with van der Waals surface area (Å²) < 4.78 is 4.54. The van der Waals surface area contributed by atoms with Crippen molar-refractivity contribution in [2.24, 2.45) is 0 Å². The Balaban J connectivity index is 2.43. The second-order valence-corrected chi connectivity index (χ2v) is 3.82. The first-order chi connectivity index (χ1) is 9.11. The molecule has 0 radical (unpaired) electrons. The van der Waals surface area contributed by atoms with Gasteiger partial charge in [-0.05, 0) is 6.92 Å². The molecule has 0 aliphatic rings. The average molecular weight is 260 g/mol. The molecule has 0 saturated carbocycles. The van der Waals surface area contributed by atoms with Gasteiger partial charge in [0, 0.05) is 23.7 Å². The zero-order chi connectivity index (χ0) is 13.8. The second kappa shape index (κ2) is 5.38. The predicted octanol–water partition coefficient (Wildman–Crippen LogP) is 0.251. The Bertz CT molecular complexity index is 652. The minimum atomic E-state index is -0.484.